The van der Waals surface area contributed by atoms with Crippen LogP contribution >= 0.6 is 0 Å². The minimum Gasteiger partial charge on any atom is -0.329 e. The van der Waals surface area contributed by atoms with Gasteiger partial charge in [0.2, 0.25) is 0 Å². The first kappa shape index (κ1) is 10.9. The van der Waals surface area contributed by atoms with Crippen molar-refractivity contribution in [2.45, 2.75) is 39.0 Å². The van der Waals surface area contributed by atoms with Crippen molar-refractivity contribution in [3.05, 3.63) is 0 Å². The van der Waals surface area contributed by atoms with Crippen LogP contribution in [-0.4, -0.2) is 19.6 Å². The van der Waals surface area contributed by atoms with E-state index < -0.39 is 0 Å². The standard InChI is InChI=1S/C9H22N2/c1-2-3-4-5-6-8-11-9-7-10/h11H,2-10H2,1H3. The van der Waals surface area contributed by atoms with Gasteiger partial charge in [-0.2, -0.15) is 0 Å². The van der Waals surface area contributed by atoms with E-state index in [1.54, 1.807) is 0 Å². The monoisotopic (exact) mass is 158 g/mol. The molecule has 2 nitrogen and oxygen atoms in total. The van der Waals surface area contributed by atoms with Crippen LogP contribution in [0.1, 0.15) is 39.0 Å². The second-order valence-corrected chi connectivity index (χ2v) is 2.95. The lowest BCUT2D eigenvalue weighted by Gasteiger charge is -2.01. The molecule has 0 aliphatic rings. The fourth-order valence-electron chi connectivity index (χ4n) is 1.08. The topological polar surface area (TPSA) is 38.0 Å². The Kier molecular flexibility index (Phi) is 9.85. The third-order valence-electron chi connectivity index (χ3n) is 1.78. The van der Waals surface area contributed by atoms with Gasteiger partial charge >= 0.3 is 0 Å². The van der Waals surface area contributed by atoms with E-state index in [9.17, 15) is 0 Å². The summed E-state index contributed by atoms with van der Waals surface area (Å²) in [6.45, 7) is 5.11. The second-order valence-electron chi connectivity index (χ2n) is 2.95. The molecule has 2 heteroatoms. The average molecular weight is 158 g/mol. The molecule has 0 radical (unpaired) electrons. The van der Waals surface area contributed by atoms with Crippen molar-refractivity contribution < 1.29 is 0 Å². The number of nitrogens with one attached hydrogen (secondary N) is 1. The van der Waals surface area contributed by atoms with Gasteiger partial charge < -0.3 is 11.1 Å². The molecule has 0 saturated heterocycles. The normalized spacial score (nSPS) is 10.4. The smallest absolute Gasteiger partial charge is 0.00745 e. The van der Waals surface area contributed by atoms with Gasteiger partial charge in [-0.1, -0.05) is 32.6 Å². The Morgan fingerprint density at radius 1 is 1.00 bits per heavy atom. The van der Waals surface area contributed by atoms with Crippen molar-refractivity contribution in [1.82, 2.24) is 5.32 Å². The van der Waals surface area contributed by atoms with Gasteiger partial charge in [-0.25, -0.2) is 0 Å². The summed E-state index contributed by atoms with van der Waals surface area (Å²) in [5.74, 6) is 0. The van der Waals surface area contributed by atoms with E-state index in [4.69, 9.17) is 5.73 Å². The minimum absolute atomic E-state index is 0.759. The zero-order valence-electron chi connectivity index (χ0n) is 7.73. The van der Waals surface area contributed by atoms with E-state index in [0.717, 1.165) is 19.6 Å². The molecule has 0 fully saturated rings. The molecule has 0 bridgehead atoms. The van der Waals surface area contributed by atoms with Gasteiger partial charge in [0.15, 0.2) is 0 Å². The van der Waals surface area contributed by atoms with Crippen molar-refractivity contribution in [2.24, 2.45) is 5.73 Å². The van der Waals surface area contributed by atoms with Crippen LogP contribution in [0, 0.1) is 0 Å². The molecule has 3 N–H and O–H groups in total. The summed E-state index contributed by atoms with van der Waals surface area (Å²) >= 11 is 0. The molecule has 0 amide bonds. The first-order valence-electron chi connectivity index (χ1n) is 4.82. The lowest BCUT2D eigenvalue weighted by atomic mass is 10.1. The molecule has 11 heavy (non-hydrogen) atoms. The molecule has 0 aromatic carbocycles. The number of rotatable bonds is 8. The SMILES string of the molecule is CCCCCCCNCCN. The zero-order valence-corrected chi connectivity index (χ0v) is 7.73. The maximum Gasteiger partial charge on any atom is 0.00745 e. The van der Waals surface area contributed by atoms with Gasteiger partial charge in [0, 0.05) is 13.1 Å². The largest absolute Gasteiger partial charge is 0.329 e. The third-order valence-corrected chi connectivity index (χ3v) is 1.78. The predicted octanol–water partition coefficient (Wildman–Crippen LogP) is 1.51. The van der Waals surface area contributed by atoms with Crippen molar-refractivity contribution >= 4 is 0 Å². The van der Waals surface area contributed by atoms with Crippen LogP contribution in [0.4, 0.5) is 0 Å². The Hall–Kier alpha value is -0.0800. The van der Waals surface area contributed by atoms with Crippen molar-refractivity contribution in [3.8, 4) is 0 Å². The zero-order chi connectivity index (χ0) is 8.36. The summed E-state index contributed by atoms with van der Waals surface area (Å²) in [6, 6.07) is 0. The van der Waals surface area contributed by atoms with E-state index in [1.165, 1.54) is 32.1 Å². The van der Waals surface area contributed by atoms with Crippen molar-refractivity contribution in [1.29, 1.82) is 0 Å². The van der Waals surface area contributed by atoms with Gasteiger partial charge in [0.1, 0.15) is 0 Å². The molecule has 68 valence electrons. The molecule has 0 rings (SSSR count). The van der Waals surface area contributed by atoms with E-state index in [2.05, 4.69) is 12.2 Å². The lowest BCUT2D eigenvalue weighted by molar-refractivity contribution is 0.587. The maximum absolute atomic E-state index is 5.33. The number of hydrogen-bond donors (Lipinski definition) is 2. The molecule has 0 unspecified atom stereocenters. The summed E-state index contributed by atoms with van der Waals surface area (Å²) in [4.78, 5) is 0. The van der Waals surface area contributed by atoms with Crippen molar-refractivity contribution in [3.63, 3.8) is 0 Å². The highest BCUT2D eigenvalue weighted by Crippen LogP contribution is 2.00. The highest BCUT2D eigenvalue weighted by atomic mass is 14.9. The van der Waals surface area contributed by atoms with Crippen LogP contribution in [-0.2, 0) is 0 Å². The fourth-order valence-corrected chi connectivity index (χ4v) is 1.08. The van der Waals surface area contributed by atoms with E-state index in [1.807, 2.05) is 0 Å². The van der Waals surface area contributed by atoms with Crippen LogP contribution in [0.25, 0.3) is 0 Å². The molecular weight excluding hydrogens is 136 g/mol. The Morgan fingerprint density at radius 3 is 2.36 bits per heavy atom. The van der Waals surface area contributed by atoms with Crippen LogP contribution in [0.2, 0.25) is 0 Å². The van der Waals surface area contributed by atoms with E-state index in [0.29, 0.717) is 0 Å². The van der Waals surface area contributed by atoms with Crippen LogP contribution in [0.15, 0.2) is 0 Å². The van der Waals surface area contributed by atoms with Gasteiger partial charge in [-0.3, -0.25) is 0 Å². The molecule has 0 aliphatic carbocycles. The maximum atomic E-state index is 5.33. The molecule has 0 atom stereocenters. The molecule has 0 aromatic rings. The molecular formula is C9H22N2. The van der Waals surface area contributed by atoms with Gasteiger partial charge in [0.25, 0.3) is 0 Å². The van der Waals surface area contributed by atoms with Crippen LogP contribution < -0.4 is 11.1 Å². The summed E-state index contributed by atoms with van der Waals surface area (Å²) in [7, 11) is 0. The summed E-state index contributed by atoms with van der Waals surface area (Å²) < 4.78 is 0. The Labute approximate surface area is 70.5 Å². The number of unbranched alkanes of at least 4 members (excludes halogenated alkanes) is 4. The Bertz CT molecular complexity index is 56.6. The van der Waals surface area contributed by atoms with Crippen LogP contribution in [0.3, 0.4) is 0 Å². The quantitative estimate of drug-likeness (QED) is 0.525. The van der Waals surface area contributed by atoms with Gasteiger partial charge in [-0.05, 0) is 13.0 Å². The molecule has 0 saturated carbocycles. The molecule has 0 aromatic heterocycles. The van der Waals surface area contributed by atoms with Gasteiger partial charge in [-0.15, -0.1) is 0 Å². The summed E-state index contributed by atoms with van der Waals surface area (Å²) in [6.07, 6.45) is 6.78. The minimum atomic E-state index is 0.759. The Balaban J connectivity index is 2.69. The number of hydrogen-bond acceptors (Lipinski definition) is 2. The molecule has 0 spiro atoms. The predicted molar refractivity (Wildman–Crippen MR) is 50.7 cm³/mol. The fraction of sp³-hybridized carbons (Fsp3) is 1.00. The highest BCUT2D eigenvalue weighted by molar-refractivity contribution is 4.48. The highest BCUT2D eigenvalue weighted by Gasteiger charge is 1.87. The Morgan fingerprint density at radius 2 is 1.73 bits per heavy atom. The van der Waals surface area contributed by atoms with Crippen molar-refractivity contribution in [2.75, 3.05) is 19.6 Å². The summed E-state index contributed by atoms with van der Waals surface area (Å²) in [5, 5.41) is 3.29. The van der Waals surface area contributed by atoms with Crippen LogP contribution in [0.5, 0.6) is 0 Å². The lowest BCUT2D eigenvalue weighted by Crippen LogP contribution is -2.23. The summed E-state index contributed by atoms with van der Waals surface area (Å²) in [5.41, 5.74) is 5.33. The average Bonchev–Trinajstić information content (AvgIpc) is 2.03. The second kappa shape index (κ2) is 9.92. The molecule has 0 heterocycles. The third kappa shape index (κ3) is 9.92. The number of nitrogens with two attached hydrogens (primary N) is 1. The van der Waals surface area contributed by atoms with Gasteiger partial charge in [0.05, 0.1) is 0 Å². The van der Waals surface area contributed by atoms with E-state index in [-0.39, 0.29) is 0 Å². The molecule has 0 aliphatic heterocycles. The van der Waals surface area contributed by atoms with E-state index >= 15 is 0 Å². The first-order valence-corrected chi connectivity index (χ1v) is 4.82. The first-order chi connectivity index (χ1) is 5.41.